The quantitative estimate of drug-likeness (QED) is 0.0418. The fraction of sp³-hybridized carbons (Fsp3) is 0.419. The van der Waals surface area contributed by atoms with Crippen molar-refractivity contribution in [3.8, 4) is 51.0 Å². The van der Waals surface area contributed by atoms with Crippen LogP contribution in [-0.2, 0) is 43.7 Å². The van der Waals surface area contributed by atoms with Crippen LogP contribution < -0.4 is 25.0 Å². The number of amides is 1. The number of carbonyl (C=O) groups is 1. The average molecular weight is 1400 g/mol. The van der Waals surface area contributed by atoms with Gasteiger partial charge in [-0.05, 0) is 208 Å². The Balaban J connectivity index is 0.000000244. The molecule has 98 heavy (non-hydrogen) atoms. The van der Waals surface area contributed by atoms with Crippen molar-refractivity contribution < 1.29 is 59.4 Å². The number of aliphatic hydroxyl groups is 2. The highest BCUT2D eigenvalue weighted by Crippen LogP contribution is 2.38. The molecule has 9 aromatic rings. The third-order valence-corrected chi connectivity index (χ3v) is 19.9. The molecular weight excluding hydrogens is 1300 g/mol. The molecule has 24 heteroatoms. The Labute approximate surface area is 591 Å². The Hall–Kier alpha value is -8.33. The zero-order chi connectivity index (χ0) is 73.4. The summed E-state index contributed by atoms with van der Waals surface area (Å²) >= 11 is 5.67. The molecule has 21 nitrogen and oxygen atoms in total. The molecule has 0 bridgehead atoms. The van der Waals surface area contributed by atoms with Gasteiger partial charge in [0.2, 0.25) is 0 Å². The third-order valence-electron chi connectivity index (χ3n) is 15.4. The summed E-state index contributed by atoms with van der Waals surface area (Å²) in [6, 6.07) is 39.8. The normalized spacial score (nSPS) is 14.0. The molecule has 1 fully saturated rings. The van der Waals surface area contributed by atoms with Gasteiger partial charge < -0.3 is 54.1 Å². The van der Waals surface area contributed by atoms with Gasteiger partial charge in [-0.1, -0.05) is 45.9 Å². The molecule has 4 atom stereocenters. The molecule has 526 valence electrons. The first-order valence-electron chi connectivity index (χ1n) is 34.1. The number of fused-ring (bicyclic) bond motifs is 3. The van der Waals surface area contributed by atoms with Crippen molar-refractivity contribution in [3.05, 3.63) is 146 Å². The molecule has 1 amide bonds. The maximum atomic E-state index is 12.4. The average Bonchev–Trinajstić information content (AvgIpc) is 0.824. The second-order valence-electron chi connectivity index (χ2n) is 25.2. The minimum absolute atomic E-state index is 0.0286. The van der Waals surface area contributed by atoms with Gasteiger partial charge in [-0.3, -0.25) is 4.90 Å². The van der Waals surface area contributed by atoms with Crippen LogP contribution in [0.25, 0.3) is 66.5 Å². The second-order valence-corrected chi connectivity index (χ2v) is 29.9. The van der Waals surface area contributed by atoms with Crippen molar-refractivity contribution in [2.24, 2.45) is 0 Å². The molecule has 0 aliphatic carbocycles. The van der Waals surface area contributed by atoms with Crippen LogP contribution in [0.4, 0.5) is 22.2 Å². The number of nitrogens with zero attached hydrogens (tertiary/aromatic N) is 7. The van der Waals surface area contributed by atoms with Gasteiger partial charge >= 0.3 is 6.09 Å². The van der Waals surface area contributed by atoms with Crippen LogP contribution in [0.1, 0.15) is 111 Å². The highest BCUT2D eigenvalue weighted by atomic mass is 32.1. The van der Waals surface area contributed by atoms with E-state index in [2.05, 4.69) is 94.5 Å². The zero-order valence-electron chi connectivity index (χ0n) is 60.3. The van der Waals surface area contributed by atoms with Crippen molar-refractivity contribution in [2.45, 2.75) is 157 Å². The summed E-state index contributed by atoms with van der Waals surface area (Å²) < 4.78 is 64.8. The Morgan fingerprint density at radius 2 is 1.16 bits per heavy atom. The topological polar surface area (TPSA) is 272 Å². The summed E-state index contributed by atoms with van der Waals surface area (Å²) in [5.41, 5.74) is 7.28. The summed E-state index contributed by atoms with van der Waals surface area (Å²) in [5.74, 6) is 3.85. The van der Waals surface area contributed by atoms with Gasteiger partial charge in [0.15, 0.2) is 39.7 Å². The van der Waals surface area contributed by atoms with Gasteiger partial charge in [0.1, 0.15) is 53.5 Å². The minimum atomic E-state index is -1.67. The number of hydrogen-bond donors (Lipinski definition) is 5. The van der Waals surface area contributed by atoms with Crippen LogP contribution in [0.15, 0.2) is 146 Å². The van der Waals surface area contributed by atoms with Crippen molar-refractivity contribution >= 4 is 89.6 Å². The number of aromatic nitrogens is 6. The number of carbonyl (C=O) groups excluding carboxylic acids is 1. The van der Waals surface area contributed by atoms with Crippen molar-refractivity contribution in [1.29, 1.82) is 0 Å². The number of pyridine rings is 6. The summed E-state index contributed by atoms with van der Waals surface area (Å²) in [5, 5.41) is 37.4. The van der Waals surface area contributed by atoms with E-state index in [1.165, 1.54) is 4.90 Å². The van der Waals surface area contributed by atoms with Crippen molar-refractivity contribution in [1.82, 2.24) is 29.9 Å². The Kier molecular flexibility index (Phi) is 31.4. The number of ether oxygens (including phenoxy) is 5. The number of phenolic OH excluding ortho intramolecular Hbond substituents is 1. The fourth-order valence-corrected chi connectivity index (χ4v) is 10.8. The number of nitrogens with one attached hydrogen (secondary N) is 2. The summed E-state index contributed by atoms with van der Waals surface area (Å²) in [7, 11) is -1.67. The number of anilines is 3. The van der Waals surface area contributed by atoms with E-state index < -0.39 is 26.1 Å². The zero-order valence-corrected chi connectivity index (χ0v) is 61.0. The lowest BCUT2D eigenvalue weighted by Gasteiger charge is -2.38. The fourth-order valence-electron chi connectivity index (χ4n) is 9.34. The van der Waals surface area contributed by atoms with Crippen LogP contribution in [0.5, 0.6) is 17.2 Å². The minimum Gasteiger partial charge on any atom is -0.508 e. The molecule has 1 saturated heterocycles. The van der Waals surface area contributed by atoms with E-state index in [1.807, 2.05) is 164 Å². The van der Waals surface area contributed by atoms with E-state index in [4.69, 9.17) is 49.4 Å². The van der Waals surface area contributed by atoms with Crippen LogP contribution in [0.2, 0.25) is 18.1 Å². The predicted octanol–water partition coefficient (Wildman–Crippen LogP) is 15.4. The molecule has 6 aromatic heterocycles. The van der Waals surface area contributed by atoms with Gasteiger partial charge in [-0.25, -0.2) is 34.7 Å². The van der Waals surface area contributed by atoms with E-state index in [0.29, 0.717) is 24.7 Å². The molecule has 5 N–H and O–H groups in total. The SMILES string of the molecule is CCC(CO)O[Si](C)(C)C(C)(C)C.CCN(C(=O)OC(C)(C)C)c1ccc(-c2ccc3cc(O)ccc3n2)cn1.O=S.O=S.[3H]CC(COc1ccc2nc(-c3ccc(NCC)nc3)ccc2c1)OC1CCCCO1.[3H]CC(O)COc1ccc2nc(-c3ccc(NCC)nc3)ccc2c1. The van der Waals surface area contributed by atoms with E-state index in [-0.39, 0.29) is 56.3 Å². The molecule has 1 aliphatic rings. The highest BCUT2D eigenvalue weighted by Gasteiger charge is 2.38. The van der Waals surface area contributed by atoms with Crippen LogP contribution in [0, 0.1) is 0 Å². The van der Waals surface area contributed by atoms with E-state index in [1.54, 1.807) is 30.5 Å². The Morgan fingerprint density at radius 3 is 1.57 bits per heavy atom. The van der Waals surface area contributed by atoms with Gasteiger partial charge in [0, 0.05) is 80.4 Å². The summed E-state index contributed by atoms with van der Waals surface area (Å²) in [6.45, 7) is 28.1. The standard InChI is InChI=1S/C24H29N3O3.C21H23N3O3.C19H21N3O2.C10H24O2Si.2OS/c1-3-25-23-12-8-19(15-26-23)22-10-7-18-14-20(9-11-21(18)27-22)29-16-17(2)30-24-6-4-5-13-28-24;1-5-24(20(26)27-21(2,3)4)19-11-7-15(13-22-19)18-9-6-14-12-16(25)8-10-17(14)23-18;1-3-20-19-9-5-15(11-21-19)18-7-4-14-10-16(24-12-13(2)23)6-8-17(14)22-18;1-7-9(8-11)12-13(5,6)10(2,3)4;2*1-2/h7-12,14-15,17,24H,3-6,13,16H2,1-2H3,(H,25,26);6-13,25H,5H2,1-4H3;4-11,13,23H,3,12H2,1-2H3,(H,20,21);9,11H,7-8H2,1-6H3;;/i2T;;2T;;;. The highest BCUT2D eigenvalue weighted by molar-refractivity contribution is 7.44. The largest absolute Gasteiger partial charge is 0.508 e. The number of rotatable bonds is 21. The predicted molar refractivity (Wildman–Crippen MR) is 397 cm³/mol. The van der Waals surface area contributed by atoms with Crippen LogP contribution >= 0.6 is 0 Å². The molecule has 10 rings (SSSR count). The lowest BCUT2D eigenvalue weighted by atomic mass is 10.1. The number of phenols is 1. The lowest BCUT2D eigenvalue weighted by Crippen LogP contribution is -2.44. The molecule has 0 saturated carbocycles. The molecule has 3 aromatic carbocycles. The smallest absolute Gasteiger partial charge is 0.415 e. The van der Waals surface area contributed by atoms with E-state index >= 15 is 0 Å². The lowest BCUT2D eigenvalue weighted by molar-refractivity contribution is -0.189. The molecule has 0 radical (unpaired) electrons. The van der Waals surface area contributed by atoms with Crippen LogP contribution in [0.3, 0.4) is 0 Å². The number of benzene rings is 3. The van der Waals surface area contributed by atoms with Crippen molar-refractivity contribution in [2.75, 3.05) is 61.6 Å². The Morgan fingerprint density at radius 1 is 0.663 bits per heavy atom. The molecule has 4 unspecified atom stereocenters. The van der Waals surface area contributed by atoms with Gasteiger partial charge in [0.05, 0.1) is 58.6 Å². The monoisotopic (exact) mass is 1400 g/mol. The summed E-state index contributed by atoms with van der Waals surface area (Å²) in [4.78, 5) is 41.1. The number of hydrogen-bond acceptors (Lipinski definition) is 22. The maximum Gasteiger partial charge on any atom is 0.415 e. The van der Waals surface area contributed by atoms with Crippen LogP contribution in [-0.4, -0.2) is 144 Å². The molecule has 0 spiro atoms. The Bertz CT molecular complexity index is 3910. The number of aliphatic hydroxyl groups excluding tert-OH is 2. The second kappa shape index (κ2) is 39.9. The molecular formula is C74H97N9O12S2Si. The first-order valence-corrected chi connectivity index (χ1v) is 36.2. The first-order chi connectivity index (χ1) is 47.9. The molecule has 7 heterocycles. The van der Waals surface area contributed by atoms with Gasteiger partial charge in [-0.2, -0.15) is 8.42 Å². The number of aromatic hydroxyl groups is 1. The first kappa shape index (κ1) is 77.0. The van der Waals surface area contributed by atoms with E-state index in [0.717, 1.165) is 129 Å². The van der Waals surface area contributed by atoms with E-state index in [9.17, 15) is 15.0 Å². The third kappa shape index (κ3) is 25.5. The van der Waals surface area contributed by atoms with Crippen molar-refractivity contribution in [3.63, 3.8) is 0 Å². The maximum absolute atomic E-state index is 12.4. The summed E-state index contributed by atoms with van der Waals surface area (Å²) in [6.07, 6.45) is 7.60. The van der Waals surface area contributed by atoms with Gasteiger partial charge in [-0.15, -0.1) is 0 Å². The van der Waals surface area contributed by atoms with Gasteiger partial charge in [0.25, 0.3) is 0 Å². The molecule has 1 aliphatic heterocycles.